The Bertz CT molecular complexity index is 361. The molecule has 15 heavy (non-hydrogen) atoms. The Kier molecular flexibility index (Phi) is 3.74. The van der Waals surface area contributed by atoms with Gasteiger partial charge in [-0.2, -0.15) is 0 Å². The van der Waals surface area contributed by atoms with Gasteiger partial charge in [-0.15, -0.1) is 0 Å². The smallest absolute Gasteiger partial charge is 0.307 e. The van der Waals surface area contributed by atoms with Crippen LogP contribution in [0.4, 0.5) is 0 Å². The number of carbonyl (C=O) groups is 1. The quantitative estimate of drug-likeness (QED) is 0.916. The number of halogens is 1. The van der Waals surface area contributed by atoms with E-state index in [2.05, 4.69) is 15.9 Å². The number of carboxylic acid groups (broad SMARTS) is 1. The van der Waals surface area contributed by atoms with Crippen molar-refractivity contribution in [3.63, 3.8) is 0 Å². The highest BCUT2D eigenvalue weighted by Gasteiger charge is 2.24. The summed E-state index contributed by atoms with van der Waals surface area (Å²) in [5, 5.41) is 8.70. The molecule has 0 aliphatic heterocycles. The van der Waals surface area contributed by atoms with Crippen LogP contribution >= 0.6 is 15.9 Å². The van der Waals surface area contributed by atoms with Gasteiger partial charge in [-0.05, 0) is 41.9 Å². The first kappa shape index (κ1) is 12.0. The van der Waals surface area contributed by atoms with Gasteiger partial charge < -0.3 is 9.84 Å². The van der Waals surface area contributed by atoms with Crippen LogP contribution in [0.25, 0.3) is 0 Å². The SMILES string of the molecule is CC(C)(CC(=O)O)Oc1ccccc1Br. The second-order valence-corrected chi connectivity index (χ2v) is 4.72. The van der Waals surface area contributed by atoms with E-state index in [1.165, 1.54) is 0 Å². The molecule has 1 rings (SSSR count). The van der Waals surface area contributed by atoms with Crippen LogP contribution in [0.2, 0.25) is 0 Å². The first-order valence-corrected chi connectivity index (χ1v) is 5.35. The lowest BCUT2D eigenvalue weighted by atomic mass is 10.1. The molecule has 0 amide bonds. The van der Waals surface area contributed by atoms with Gasteiger partial charge >= 0.3 is 5.97 Å². The van der Waals surface area contributed by atoms with E-state index < -0.39 is 11.6 Å². The zero-order valence-corrected chi connectivity index (χ0v) is 10.2. The van der Waals surface area contributed by atoms with Crippen LogP contribution in [0.3, 0.4) is 0 Å². The molecule has 1 N–H and O–H groups in total. The first-order chi connectivity index (χ1) is 6.91. The fourth-order valence-corrected chi connectivity index (χ4v) is 1.59. The van der Waals surface area contributed by atoms with E-state index in [9.17, 15) is 4.79 Å². The second kappa shape index (κ2) is 4.66. The van der Waals surface area contributed by atoms with E-state index in [4.69, 9.17) is 9.84 Å². The number of benzene rings is 1. The van der Waals surface area contributed by atoms with Crippen LogP contribution in [0, 0.1) is 0 Å². The van der Waals surface area contributed by atoms with Crippen LogP contribution < -0.4 is 4.74 Å². The number of ether oxygens (including phenoxy) is 1. The summed E-state index contributed by atoms with van der Waals surface area (Å²) in [6.07, 6.45) is -0.0334. The topological polar surface area (TPSA) is 46.5 Å². The van der Waals surface area contributed by atoms with Crippen molar-refractivity contribution in [2.24, 2.45) is 0 Å². The summed E-state index contributed by atoms with van der Waals surface area (Å²) in [5.74, 6) is -0.212. The summed E-state index contributed by atoms with van der Waals surface area (Å²) in [6.45, 7) is 3.50. The van der Waals surface area contributed by atoms with Crippen molar-refractivity contribution < 1.29 is 14.6 Å². The molecule has 3 nitrogen and oxygen atoms in total. The summed E-state index contributed by atoms with van der Waals surface area (Å²) in [6, 6.07) is 7.37. The fourth-order valence-electron chi connectivity index (χ4n) is 1.23. The standard InChI is InChI=1S/C11H13BrO3/c1-11(2,7-10(13)14)15-9-6-4-3-5-8(9)12/h3-6H,7H2,1-2H3,(H,13,14). The Labute approximate surface area is 97.2 Å². The van der Waals surface area contributed by atoms with Gasteiger partial charge in [0, 0.05) is 0 Å². The largest absolute Gasteiger partial charge is 0.486 e. The maximum absolute atomic E-state index is 10.6. The molecule has 0 spiro atoms. The van der Waals surface area contributed by atoms with E-state index >= 15 is 0 Å². The van der Waals surface area contributed by atoms with Crippen LogP contribution in [0.15, 0.2) is 28.7 Å². The number of carboxylic acids is 1. The van der Waals surface area contributed by atoms with Gasteiger partial charge in [-0.3, -0.25) is 4.79 Å². The van der Waals surface area contributed by atoms with Crippen molar-refractivity contribution in [2.75, 3.05) is 0 Å². The average Bonchev–Trinajstić information content (AvgIpc) is 2.06. The number of hydrogen-bond acceptors (Lipinski definition) is 2. The van der Waals surface area contributed by atoms with Crippen molar-refractivity contribution >= 4 is 21.9 Å². The lowest BCUT2D eigenvalue weighted by Gasteiger charge is -2.25. The van der Waals surface area contributed by atoms with Crippen molar-refractivity contribution in [1.29, 1.82) is 0 Å². The Morgan fingerprint density at radius 2 is 2.07 bits per heavy atom. The van der Waals surface area contributed by atoms with Crippen molar-refractivity contribution in [3.8, 4) is 5.75 Å². The minimum absolute atomic E-state index is 0.0334. The Morgan fingerprint density at radius 3 is 2.60 bits per heavy atom. The van der Waals surface area contributed by atoms with Crippen LogP contribution in [-0.4, -0.2) is 16.7 Å². The van der Waals surface area contributed by atoms with E-state index in [-0.39, 0.29) is 6.42 Å². The molecule has 0 saturated heterocycles. The molecule has 0 bridgehead atoms. The molecule has 1 aromatic rings. The molecule has 82 valence electrons. The molecule has 0 radical (unpaired) electrons. The lowest BCUT2D eigenvalue weighted by molar-refractivity contribution is -0.140. The molecule has 0 aliphatic carbocycles. The van der Waals surface area contributed by atoms with E-state index in [1.54, 1.807) is 19.9 Å². The zero-order valence-electron chi connectivity index (χ0n) is 8.66. The van der Waals surface area contributed by atoms with Gasteiger partial charge in [0.05, 0.1) is 10.9 Å². The van der Waals surface area contributed by atoms with Gasteiger partial charge in [-0.25, -0.2) is 0 Å². The zero-order chi connectivity index (χ0) is 11.5. The van der Waals surface area contributed by atoms with Gasteiger partial charge in [0.2, 0.25) is 0 Å². The molecule has 4 heteroatoms. The van der Waals surface area contributed by atoms with E-state index in [1.807, 2.05) is 18.2 Å². The molecule has 0 heterocycles. The maximum Gasteiger partial charge on any atom is 0.307 e. The Hall–Kier alpha value is -1.03. The summed E-state index contributed by atoms with van der Waals surface area (Å²) in [7, 11) is 0. The molecule has 0 aromatic heterocycles. The van der Waals surface area contributed by atoms with Crippen molar-refractivity contribution in [3.05, 3.63) is 28.7 Å². The number of hydrogen-bond donors (Lipinski definition) is 1. The summed E-state index contributed by atoms with van der Waals surface area (Å²) >= 11 is 3.34. The highest BCUT2D eigenvalue weighted by atomic mass is 79.9. The predicted octanol–water partition coefficient (Wildman–Crippen LogP) is 3.08. The van der Waals surface area contributed by atoms with Gasteiger partial charge in [0.25, 0.3) is 0 Å². The monoisotopic (exact) mass is 272 g/mol. The maximum atomic E-state index is 10.6. The minimum atomic E-state index is -0.868. The molecule has 0 aliphatic rings. The Morgan fingerprint density at radius 1 is 1.47 bits per heavy atom. The lowest BCUT2D eigenvalue weighted by Crippen LogP contribution is -2.31. The van der Waals surface area contributed by atoms with Crippen LogP contribution in [-0.2, 0) is 4.79 Å². The number of rotatable bonds is 4. The first-order valence-electron chi connectivity index (χ1n) is 4.56. The third kappa shape index (κ3) is 3.91. The third-order valence-corrected chi connectivity index (χ3v) is 2.45. The highest BCUT2D eigenvalue weighted by molar-refractivity contribution is 9.10. The molecule has 0 unspecified atom stereocenters. The summed E-state index contributed by atoms with van der Waals surface area (Å²) in [4.78, 5) is 10.6. The fraction of sp³-hybridized carbons (Fsp3) is 0.364. The number of aliphatic carboxylic acids is 1. The summed E-state index contributed by atoms with van der Waals surface area (Å²) in [5.41, 5.74) is -0.713. The Balaban J connectivity index is 2.77. The predicted molar refractivity (Wildman–Crippen MR) is 61.1 cm³/mol. The van der Waals surface area contributed by atoms with Gasteiger partial charge in [0.15, 0.2) is 0 Å². The number of para-hydroxylation sites is 1. The third-order valence-electron chi connectivity index (χ3n) is 1.80. The van der Waals surface area contributed by atoms with E-state index in [0.29, 0.717) is 5.75 Å². The van der Waals surface area contributed by atoms with Crippen LogP contribution in [0.5, 0.6) is 5.75 Å². The average molecular weight is 273 g/mol. The summed E-state index contributed by atoms with van der Waals surface area (Å²) < 4.78 is 6.44. The van der Waals surface area contributed by atoms with Gasteiger partial charge in [0.1, 0.15) is 11.4 Å². The highest BCUT2D eigenvalue weighted by Crippen LogP contribution is 2.28. The molecule has 0 atom stereocenters. The van der Waals surface area contributed by atoms with Crippen LogP contribution in [0.1, 0.15) is 20.3 Å². The van der Waals surface area contributed by atoms with Crippen molar-refractivity contribution in [2.45, 2.75) is 25.9 Å². The molecular weight excluding hydrogens is 260 g/mol. The van der Waals surface area contributed by atoms with Crippen molar-refractivity contribution in [1.82, 2.24) is 0 Å². The molecule has 1 aromatic carbocycles. The normalized spacial score (nSPS) is 11.1. The molecule has 0 fully saturated rings. The second-order valence-electron chi connectivity index (χ2n) is 3.86. The van der Waals surface area contributed by atoms with Gasteiger partial charge in [-0.1, -0.05) is 12.1 Å². The molecular formula is C11H13BrO3. The minimum Gasteiger partial charge on any atom is -0.486 e. The van der Waals surface area contributed by atoms with E-state index in [0.717, 1.165) is 4.47 Å². The molecule has 0 saturated carbocycles.